The summed E-state index contributed by atoms with van der Waals surface area (Å²) in [6.45, 7) is 1.42. The van der Waals surface area contributed by atoms with Gasteiger partial charge in [0.1, 0.15) is 5.82 Å². The van der Waals surface area contributed by atoms with Crippen LogP contribution in [0.25, 0.3) is 0 Å². The first kappa shape index (κ1) is 22.1. The Balaban J connectivity index is 1.39. The highest BCUT2D eigenvalue weighted by Gasteiger charge is 2.30. The minimum Gasteiger partial charge on any atom is -0.391 e. The SMILES string of the molecule is O=C(NCC1CCCCN1c1ccc(=O)n(C2CCCC2O)n1)NC1CCCCCC1. The van der Waals surface area contributed by atoms with Gasteiger partial charge in [-0.1, -0.05) is 25.7 Å². The van der Waals surface area contributed by atoms with Crippen molar-refractivity contribution >= 4 is 11.8 Å². The highest BCUT2D eigenvalue weighted by Crippen LogP contribution is 2.29. The zero-order chi connectivity index (χ0) is 21.6. The van der Waals surface area contributed by atoms with Crippen molar-refractivity contribution in [2.24, 2.45) is 0 Å². The first-order valence-electron chi connectivity index (χ1n) is 12.2. The second-order valence-electron chi connectivity index (χ2n) is 9.43. The predicted molar refractivity (Wildman–Crippen MR) is 120 cm³/mol. The molecule has 4 rings (SSSR count). The van der Waals surface area contributed by atoms with Crippen molar-refractivity contribution < 1.29 is 9.90 Å². The van der Waals surface area contributed by atoms with Crippen LogP contribution in [0.1, 0.15) is 83.1 Å². The molecule has 2 aliphatic carbocycles. The lowest BCUT2D eigenvalue weighted by molar-refractivity contribution is 0.127. The molecule has 1 saturated heterocycles. The van der Waals surface area contributed by atoms with Crippen LogP contribution in [0.5, 0.6) is 0 Å². The number of hydrogen-bond acceptors (Lipinski definition) is 5. The molecule has 3 N–H and O–H groups in total. The third-order valence-electron chi connectivity index (χ3n) is 7.18. The Kier molecular flexibility index (Phi) is 7.48. The first-order chi connectivity index (χ1) is 15.1. The van der Waals surface area contributed by atoms with Gasteiger partial charge in [-0.3, -0.25) is 4.79 Å². The van der Waals surface area contributed by atoms with E-state index < -0.39 is 6.10 Å². The molecule has 172 valence electrons. The van der Waals surface area contributed by atoms with Crippen molar-refractivity contribution in [1.29, 1.82) is 0 Å². The number of piperidine rings is 1. The largest absolute Gasteiger partial charge is 0.391 e. The smallest absolute Gasteiger partial charge is 0.315 e. The van der Waals surface area contributed by atoms with Gasteiger partial charge in [0.05, 0.1) is 12.1 Å². The standard InChI is InChI=1S/C23H37N5O3/c29-20-12-7-11-19(20)28-22(30)14-13-21(26-28)27-15-6-5-10-18(27)16-24-23(31)25-17-8-3-1-2-4-9-17/h13-14,17-20,29H,1-12,15-16H2,(H2,24,25,31). The lowest BCUT2D eigenvalue weighted by atomic mass is 10.0. The Hall–Kier alpha value is -2.09. The molecule has 2 saturated carbocycles. The van der Waals surface area contributed by atoms with E-state index in [1.165, 1.54) is 30.4 Å². The molecule has 1 aromatic rings. The van der Waals surface area contributed by atoms with Gasteiger partial charge in [0.25, 0.3) is 5.56 Å². The number of amides is 2. The van der Waals surface area contributed by atoms with Crippen LogP contribution in [0, 0.1) is 0 Å². The fraction of sp³-hybridized carbons (Fsp3) is 0.783. The summed E-state index contributed by atoms with van der Waals surface area (Å²) in [5.74, 6) is 0.759. The lowest BCUT2D eigenvalue weighted by Gasteiger charge is -2.37. The summed E-state index contributed by atoms with van der Waals surface area (Å²) >= 11 is 0. The first-order valence-corrected chi connectivity index (χ1v) is 12.2. The molecular weight excluding hydrogens is 394 g/mol. The zero-order valence-corrected chi connectivity index (χ0v) is 18.5. The van der Waals surface area contributed by atoms with Crippen LogP contribution < -0.4 is 21.1 Å². The van der Waals surface area contributed by atoms with E-state index in [0.29, 0.717) is 6.54 Å². The molecule has 31 heavy (non-hydrogen) atoms. The van der Waals surface area contributed by atoms with Crippen LogP contribution in [0.15, 0.2) is 16.9 Å². The number of carbonyl (C=O) groups excluding carboxylic acids is 1. The van der Waals surface area contributed by atoms with Crippen LogP contribution in [0.4, 0.5) is 10.6 Å². The number of aliphatic hydroxyl groups is 1. The highest BCUT2D eigenvalue weighted by atomic mass is 16.3. The van der Waals surface area contributed by atoms with Crippen LogP contribution >= 0.6 is 0 Å². The van der Waals surface area contributed by atoms with Gasteiger partial charge in [-0.25, -0.2) is 9.48 Å². The van der Waals surface area contributed by atoms with Crippen LogP contribution in [0.3, 0.4) is 0 Å². The maximum Gasteiger partial charge on any atom is 0.315 e. The zero-order valence-electron chi connectivity index (χ0n) is 18.5. The molecule has 0 bridgehead atoms. The topological polar surface area (TPSA) is 99.5 Å². The molecule has 2 amide bonds. The lowest BCUT2D eigenvalue weighted by Crippen LogP contribution is -2.50. The molecule has 1 aromatic heterocycles. The van der Waals surface area contributed by atoms with Crippen molar-refractivity contribution in [1.82, 2.24) is 20.4 Å². The number of nitrogens with one attached hydrogen (secondary N) is 2. The molecule has 8 heteroatoms. The summed E-state index contributed by atoms with van der Waals surface area (Å²) in [6, 6.07) is 3.46. The Morgan fingerprint density at radius 1 is 1.00 bits per heavy atom. The van der Waals surface area contributed by atoms with Crippen molar-refractivity contribution in [3.05, 3.63) is 22.5 Å². The van der Waals surface area contributed by atoms with Crippen LogP contribution in [-0.2, 0) is 0 Å². The van der Waals surface area contributed by atoms with E-state index in [4.69, 9.17) is 0 Å². The quantitative estimate of drug-likeness (QED) is 0.623. The molecule has 0 radical (unpaired) electrons. The molecule has 3 unspecified atom stereocenters. The van der Waals surface area contributed by atoms with Gasteiger partial charge in [0.2, 0.25) is 0 Å². The number of rotatable bonds is 5. The number of hydrogen-bond donors (Lipinski definition) is 3. The highest BCUT2D eigenvalue weighted by molar-refractivity contribution is 5.74. The van der Waals surface area contributed by atoms with Gasteiger partial charge in [0, 0.05) is 31.2 Å². The molecular formula is C23H37N5O3. The molecule has 0 aromatic carbocycles. The van der Waals surface area contributed by atoms with E-state index in [9.17, 15) is 14.7 Å². The molecule has 3 atom stereocenters. The van der Waals surface area contributed by atoms with Crippen molar-refractivity contribution in [2.75, 3.05) is 18.0 Å². The number of anilines is 1. The van der Waals surface area contributed by atoms with Gasteiger partial charge in [-0.05, 0) is 57.4 Å². The van der Waals surface area contributed by atoms with Crippen molar-refractivity contribution in [2.45, 2.75) is 101 Å². The maximum atomic E-state index is 12.5. The Morgan fingerprint density at radius 3 is 2.52 bits per heavy atom. The normalized spacial score (nSPS) is 27.6. The summed E-state index contributed by atoms with van der Waals surface area (Å²) < 4.78 is 1.48. The number of urea groups is 1. The number of aromatic nitrogens is 2. The summed E-state index contributed by atoms with van der Waals surface area (Å²) in [6.07, 6.45) is 12.1. The average Bonchev–Trinajstić information content (AvgIpc) is 3.03. The third-order valence-corrected chi connectivity index (χ3v) is 7.18. The van der Waals surface area contributed by atoms with E-state index in [2.05, 4.69) is 20.6 Å². The van der Waals surface area contributed by atoms with E-state index in [1.54, 1.807) is 12.1 Å². The summed E-state index contributed by atoms with van der Waals surface area (Å²) in [7, 11) is 0. The van der Waals surface area contributed by atoms with E-state index in [-0.39, 0.29) is 29.7 Å². The van der Waals surface area contributed by atoms with Gasteiger partial charge in [0.15, 0.2) is 0 Å². The van der Waals surface area contributed by atoms with Gasteiger partial charge < -0.3 is 20.6 Å². The predicted octanol–water partition coefficient (Wildman–Crippen LogP) is 2.71. The van der Waals surface area contributed by atoms with Crippen LogP contribution in [0.2, 0.25) is 0 Å². The maximum absolute atomic E-state index is 12.5. The molecule has 1 aliphatic heterocycles. The van der Waals surface area contributed by atoms with Gasteiger partial charge in [-0.15, -0.1) is 0 Å². The summed E-state index contributed by atoms with van der Waals surface area (Å²) in [4.78, 5) is 27.1. The van der Waals surface area contributed by atoms with Gasteiger partial charge >= 0.3 is 6.03 Å². The number of aliphatic hydroxyl groups excluding tert-OH is 1. The molecule has 3 fully saturated rings. The fourth-order valence-electron chi connectivity index (χ4n) is 5.40. The molecule has 3 aliphatic rings. The minimum atomic E-state index is -0.507. The second-order valence-corrected chi connectivity index (χ2v) is 9.43. The average molecular weight is 432 g/mol. The Morgan fingerprint density at radius 2 is 1.77 bits per heavy atom. The molecule has 2 heterocycles. The summed E-state index contributed by atoms with van der Waals surface area (Å²) in [5.41, 5.74) is -0.163. The second kappa shape index (κ2) is 10.5. The van der Waals surface area contributed by atoms with E-state index >= 15 is 0 Å². The van der Waals surface area contributed by atoms with E-state index in [1.807, 2.05) is 0 Å². The Bertz CT molecular complexity index is 790. The molecule has 0 spiro atoms. The number of carbonyl (C=O) groups is 1. The van der Waals surface area contributed by atoms with Crippen molar-refractivity contribution in [3.63, 3.8) is 0 Å². The van der Waals surface area contributed by atoms with Gasteiger partial charge in [-0.2, -0.15) is 5.10 Å². The van der Waals surface area contributed by atoms with Crippen molar-refractivity contribution in [3.8, 4) is 0 Å². The Labute approximate surface area is 184 Å². The number of nitrogens with zero attached hydrogens (tertiary/aromatic N) is 3. The molecule has 8 nitrogen and oxygen atoms in total. The summed E-state index contributed by atoms with van der Waals surface area (Å²) in [5, 5.41) is 21.1. The third kappa shape index (κ3) is 5.59. The monoisotopic (exact) mass is 431 g/mol. The fourth-order valence-corrected chi connectivity index (χ4v) is 5.40. The van der Waals surface area contributed by atoms with Crippen LogP contribution in [-0.4, -0.2) is 52.2 Å². The van der Waals surface area contributed by atoms with E-state index in [0.717, 1.165) is 63.7 Å². The minimum absolute atomic E-state index is 0.0792.